The monoisotopic (exact) mass is 511 g/mol. The van der Waals surface area contributed by atoms with Gasteiger partial charge in [0.1, 0.15) is 5.82 Å². The molecule has 0 fully saturated rings. The number of carbonyl (C=O) groups is 2. The van der Waals surface area contributed by atoms with Gasteiger partial charge in [-0.1, -0.05) is 29.3 Å². The molecule has 0 bridgehead atoms. The third-order valence-electron chi connectivity index (χ3n) is 4.91. The largest absolute Gasteiger partial charge is 0.416 e. The van der Waals surface area contributed by atoms with Crippen molar-refractivity contribution in [3.05, 3.63) is 74.0 Å². The fourth-order valence-electron chi connectivity index (χ4n) is 3.37. The first kappa shape index (κ1) is 23.6. The molecular weight excluding hydrogens is 498 g/mol. The predicted octanol–water partition coefficient (Wildman–Crippen LogP) is 4.90. The minimum atomic E-state index is -4.56. The summed E-state index contributed by atoms with van der Waals surface area (Å²) in [5, 5.41) is 8.05. The number of alkyl halides is 3. The van der Waals surface area contributed by atoms with E-state index in [1.54, 1.807) is 0 Å². The molecule has 2 heterocycles. The molecule has 0 spiro atoms. The topological polar surface area (TPSA) is 116 Å². The Hall–Kier alpha value is -3.57. The number of amides is 2. The van der Waals surface area contributed by atoms with Gasteiger partial charge in [-0.05, 0) is 36.4 Å². The van der Waals surface area contributed by atoms with Crippen LogP contribution in [0.25, 0.3) is 0 Å². The normalized spacial score (nSPS) is 15.3. The number of aromatic nitrogens is 2. The Balaban J connectivity index is 1.62. The Morgan fingerprint density at radius 1 is 1.06 bits per heavy atom. The molecule has 0 aliphatic carbocycles. The minimum Gasteiger partial charge on any atom is -0.326 e. The van der Waals surface area contributed by atoms with Crippen molar-refractivity contribution in [1.29, 1.82) is 0 Å². The highest BCUT2D eigenvalue weighted by atomic mass is 35.5. The number of rotatable bonds is 4. The van der Waals surface area contributed by atoms with Crippen LogP contribution < -0.4 is 21.5 Å². The summed E-state index contributed by atoms with van der Waals surface area (Å²) < 4.78 is 38.9. The smallest absolute Gasteiger partial charge is 0.326 e. The lowest BCUT2D eigenvalue weighted by Gasteiger charge is -2.23. The number of nitrogens with zero attached hydrogens (tertiary/aromatic N) is 1. The molecule has 1 aliphatic heterocycles. The number of halogens is 5. The Labute approximate surface area is 199 Å². The molecule has 34 heavy (non-hydrogen) atoms. The van der Waals surface area contributed by atoms with E-state index in [-0.39, 0.29) is 39.5 Å². The van der Waals surface area contributed by atoms with Crippen molar-refractivity contribution in [2.45, 2.75) is 18.5 Å². The molecule has 13 heteroatoms. The number of hydrogen-bond acceptors (Lipinski definition) is 5. The molecule has 1 atom stereocenters. The SMILES string of the molecule is O=C1C[C@@H](C(=O)Nc2ccc(Cl)c(Cl)c2)c2c(nc(Nc3cccc(C(F)(F)F)c3)[nH]c2=O)N1. The van der Waals surface area contributed by atoms with Gasteiger partial charge in [0.25, 0.3) is 5.56 Å². The van der Waals surface area contributed by atoms with Gasteiger partial charge in [-0.3, -0.25) is 19.4 Å². The van der Waals surface area contributed by atoms with E-state index in [1.165, 1.54) is 30.3 Å². The Morgan fingerprint density at radius 3 is 2.53 bits per heavy atom. The number of H-pyrrole nitrogens is 1. The second kappa shape index (κ2) is 8.99. The summed E-state index contributed by atoms with van der Waals surface area (Å²) in [6.45, 7) is 0. The maximum atomic E-state index is 13.0. The number of aromatic amines is 1. The fraction of sp³-hybridized carbons (Fsp3) is 0.143. The number of nitrogens with one attached hydrogen (secondary N) is 4. The van der Waals surface area contributed by atoms with Crippen molar-refractivity contribution >= 4 is 58.2 Å². The molecule has 0 unspecified atom stereocenters. The molecule has 2 amide bonds. The van der Waals surface area contributed by atoms with Crippen LogP contribution >= 0.6 is 23.2 Å². The molecule has 2 aromatic carbocycles. The van der Waals surface area contributed by atoms with E-state index in [0.29, 0.717) is 5.69 Å². The maximum absolute atomic E-state index is 13.0. The van der Waals surface area contributed by atoms with Crippen molar-refractivity contribution in [2.75, 3.05) is 16.0 Å². The van der Waals surface area contributed by atoms with Crippen LogP contribution in [0.3, 0.4) is 0 Å². The lowest BCUT2D eigenvalue weighted by Crippen LogP contribution is -2.36. The van der Waals surface area contributed by atoms with E-state index in [4.69, 9.17) is 23.2 Å². The average Bonchev–Trinajstić information content (AvgIpc) is 2.75. The molecule has 4 N–H and O–H groups in total. The van der Waals surface area contributed by atoms with Gasteiger partial charge in [0.2, 0.25) is 17.8 Å². The van der Waals surface area contributed by atoms with E-state index in [1.807, 2.05) is 0 Å². The van der Waals surface area contributed by atoms with E-state index < -0.39 is 35.0 Å². The molecular formula is C21H14Cl2F3N5O3. The summed E-state index contributed by atoms with van der Waals surface area (Å²) in [7, 11) is 0. The third-order valence-corrected chi connectivity index (χ3v) is 5.65. The zero-order valence-corrected chi connectivity index (χ0v) is 18.4. The van der Waals surface area contributed by atoms with Gasteiger partial charge >= 0.3 is 6.18 Å². The molecule has 3 aromatic rings. The molecule has 0 radical (unpaired) electrons. The first-order valence-electron chi connectivity index (χ1n) is 9.65. The van der Waals surface area contributed by atoms with Crippen molar-refractivity contribution in [2.24, 2.45) is 0 Å². The summed E-state index contributed by atoms with van der Waals surface area (Å²) in [5.74, 6) is -2.78. The summed E-state index contributed by atoms with van der Waals surface area (Å²) in [6, 6.07) is 8.66. The molecule has 1 aromatic heterocycles. The van der Waals surface area contributed by atoms with Gasteiger partial charge in [0.15, 0.2) is 0 Å². The van der Waals surface area contributed by atoms with Crippen LogP contribution in [0.1, 0.15) is 23.5 Å². The second-order valence-electron chi connectivity index (χ2n) is 7.30. The quantitative estimate of drug-likeness (QED) is 0.397. The van der Waals surface area contributed by atoms with Crippen molar-refractivity contribution in [3.63, 3.8) is 0 Å². The van der Waals surface area contributed by atoms with Crippen LogP contribution in [0.2, 0.25) is 10.0 Å². The average molecular weight is 512 g/mol. The van der Waals surface area contributed by atoms with Gasteiger partial charge in [-0.25, -0.2) is 0 Å². The van der Waals surface area contributed by atoms with Crippen molar-refractivity contribution < 1.29 is 22.8 Å². The molecule has 0 saturated heterocycles. The lowest BCUT2D eigenvalue weighted by atomic mass is 9.92. The van der Waals surface area contributed by atoms with E-state index in [0.717, 1.165) is 12.1 Å². The highest BCUT2D eigenvalue weighted by molar-refractivity contribution is 6.42. The first-order chi connectivity index (χ1) is 16.0. The van der Waals surface area contributed by atoms with Gasteiger partial charge in [-0.15, -0.1) is 0 Å². The standard InChI is InChI=1S/C21H14Cl2F3N5O3/c22-13-5-4-11(7-14(13)23)27-18(33)12-8-15(32)29-17-16(12)19(34)31-20(30-17)28-10-3-1-2-9(6-10)21(24,25)26/h1-7,12H,8H2,(H,27,33)(H3,28,29,30,31,32,34)/t12-/m1/s1. The highest BCUT2D eigenvalue weighted by Gasteiger charge is 2.35. The van der Waals surface area contributed by atoms with Gasteiger partial charge < -0.3 is 16.0 Å². The van der Waals surface area contributed by atoms with Crippen LogP contribution in [0.4, 0.5) is 36.3 Å². The minimum absolute atomic E-state index is 0.00831. The number of fused-ring (bicyclic) bond motifs is 1. The van der Waals surface area contributed by atoms with Crippen molar-refractivity contribution in [1.82, 2.24) is 9.97 Å². The summed E-state index contributed by atoms with van der Waals surface area (Å²) in [4.78, 5) is 44.3. The van der Waals surface area contributed by atoms with E-state index in [9.17, 15) is 27.6 Å². The highest BCUT2D eigenvalue weighted by Crippen LogP contribution is 2.33. The van der Waals surface area contributed by atoms with Gasteiger partial charge in [0.05, 0.1) is 27.1 Å². The Kier molecular flexibility index (Phi) is 6.24. The van der Waals surface area contributed by atoms with Crippen LogP contribution in [0.15, 0.2) is 47.3 Å². The van der Waals surface area contributed by atoms with Crippen LogP contribution in [0, 0.1) is 0 Å². The zero-order chi connectivity index (χ0) is 24.6. The van der Waals surface area contributed by atoms with Crippen LogP contribution in [-0.2, 0) is 15.8 Å². The Bertz CT molecular complexity index is 1360. The van der Waals surface area contributed by atoms with Gasteiger partial charge in [0, 0.05) is 17.8 Å². The second-order valence-corrected chi connectivity index (χ2v) is 8.12. The molecule has 0 saturated carbocycles. The third kappa shape index (κ3) is 5.00. The van der Waals surface area contributed by atoms with Crippen LogP contribution in [-0.4, -0.2) is 21.8 Å². The molecule has 1 aliphatic rings. The first-order valence-corrected chi connectivity index (χ1v) is 10.4. The lowest BCUT2D eigenvalue weighted by molar-refractivity contribution is -0.137. The fourth-order valence-corrected chi connectivity index (χ4v) is 3.67. The van der Waals surface area contributed by atoms with E-state index in [2.05, 4.69) is 25.9 Å². The summed E-state index contributed by atoms with van der Waals surface area (Å²) in [5.41, 5.74) is -1.42. The Morgan fingerprint density at radius 2 is 1.82 bits per heavy atom. The number of hydrogen-bond donors (Lipinski definition) is 4. The number of carbonyl (C=O) groups excluding carboxylic acids is 2. The summed E-state index contributed by atoms with van der Waals surface area (Å²) >= 11 is 11.8. The maximum Gasteiger partial charge on any atom is 0.416 e. The van der Waals surface area contributed by atoms with Crippen LogP contribution in [0.5, 0.6) is 0 Å². The van der Waals surface area contributed by atoms with E-state index >= 15 is 0 Å². The molecule has 8 nitrogen and oxygen atoms in total. The molecule has 4 rings (SSSR count). The molecule has 176 valence electrons. The number of benzene rings is 2. The number of anilines is 4. The van der Waals surface area contributed by atoms with Crippen molar-refractivity contribution in [3.8, 4) is 0 Å². The summed E-state index contributed by atoms with van der Waals surface area (Å²) in [6.07, 6.45) is -4.87. The zero-order valence-electron chi connectivity index (χ0n) is 16.9. The van der Waals surface area contributed by atoms with Gasteiger partial charge in [-0.2, -0.15) is 18.2 Å². The predicted molar refractivity (Wildman–Crippen MR) is 121 cm³/mol.